The Labute approximate surface area is 109 Å². The SMILES string of the molecule is Cc1ccc(NC(=O)Cn2cc(C(=O)O)cn2)cc1. The summed E-state index contributed by atoms with van der Waals surface area (Å²) in [5.74, 6) is -1.32. The molecule has 0 fully saturated rings. The number of nitrogens with one attached hydrogen (secondary N) is 1. The molecule has 1 aromatic carbocycles. The number of carboxylic acids is 1. The summed E-state index contributed by atoms with van der Waals surface area (Å²) in [7, 11) is 0. The van der Waals surface area contributed by atoms with Crippen LogP contribution in [0.3, 0.4) is 0 Å². The van der Waals surface area contributed by atoms with Gasteiger partial charge in [0.25, 0.3) is 0 Å². The summed E-state index contributed by atoms with van der Waals surface area (Å²) in [5.41, 5.74) is 1.86. The topological polar surface area (TPSA) is 84.2 Å². The number of anilines is 1. The summed E-state index contributed by atoms with van der Waals surface area (Å²) in [6.45, 7) is 1.93. The molecule has 1 amide bonds. The lowest BCUT2D eigenvalue weighted by molar-refractivity contribution is -0.116. The van der Waals surface area contributed by atoms with E-state index in [4.69, 9.17) is 5.11 Å². The van der Waals surface area contributed by atoms with Gasteiger partial charge in [0.15, 0.2) is 0 Å². The smallest absolute Gasteiger partial charge is 0.338 e. The van der Waals surface area contributed by atoms with Crippen LogP contribution in [0.4, 0.5) is 5.69 Å². The van der Waals surface area contributed by atoms with Crippen LogP contribution >= 0.6 is 0 Å². The Kier molecular flexibility index (Phi) is 3.61. The molecular formula is C13H13N3O3. The van der Waals surface area contributed by atoms with E-state index in [1.807, 2.05) is 19.1 Å². The first-order valence-corrected chi connectivity index (χ1v) is 5.67. The highest BCUT2D eigenvalue weighted by Crippen LogP contribution is 2.08. The molecule has 98 valence electrons. The fraction of sp³-hybridized carbons (Fsp3) is 0.154. The van der Waals surface area contributed by atoms with Crippen molar-refractivity contribution in [2.24, 2.45) is 0 Å². The second-order valence-electron chi connectivity index (χ2n) is 4.15. The number of carbonyl (C=O) groups is 2. The quantitative estimate of drug-likeness (QED) is 0.872. The van der Waals surface area contributed by atoms with E-state index in [1.54, 1.807) is 12.1 Å². The molecule has 2 rings (SSSR count). The van der Waals surface area contributed by atoms with E-state index in [0.717, 1.165) is 5.56 Å². The van der Waals surface area contributed by atoms with E-state index in [9.17, 15) is 9.59 Å². The average molecular weight is 259 g/mol. The Bertz CT molecular complexity index is 602. The first kappa shape index (κ1) is 12.8. The number of benzene rings is 1. The zero-order valence-electron chi connectivity index (χ0n) is 10.3. The molecule has 0 radical (unpaired) electrons. The fourth-order valence-electron chi connectivity index (χ4n) is 1.55. The van der Waals surface area contributed by atoms with Gasteiger partial charge in [0.1, 0.15) is 6.54 Å². The molecule has 6 heteroatoms. The van der Waals surface area contributed by atoms with Crippen molar-refractivity contribution in [1.29, 1.82) is 0 Å². The zero-order chi connectivity index (χ0) is 13.8. The summed E-state index contributed by atoms with van der Waals surface area (Å²) in [6.07, 6.45) is 2.53. The van der Waals surface area contributed by atoms with Crippen LogP contribution < -0.4 is 5.32 Å². The van der Waals surface area contributed by atoms with Crippen LogP contribution in [0.5, 0.6) is 0 Å². The number of aromatic nitrogens is 2. The summed E-state index contributed by atoms with van der Waals surface area (Å²) >= 11 is 0. The van der Waals surface area contributed by atoms with E-state index in [2.05, 4.69) is 10.4 Å². The molecule has 0 spiro atoms. The third-order valence-corrected chi connectivity index (χ3v) is 2.52. The van der Waals surface area contributed by atoms with Gasteiger partial charge in [0.05, 0.1) is 11.8 Å². The Balaban J connectivity index is 1.97. The predicted octanol–water partition coefficient (Wildman–Crippen LogP) is 1.53. The number of aryl methyl sites for hydroxylation is 1. The minimum atomic E-state index is -1.06. The molecule has 2 aromatic rings. The zero-order valence-corrected chi connectivity index (χ0v) is 10.3. The average Bonchev–Trinajstić information content (AvgIpc) is 2.80. The number of aromatic carboxylic acids is 1. The summed E-state index contributed by atoms with van der Waals surface area (Å²) in [4.78, 5) is 22.4. The highest BCUT2D eigenvalue weighted by molar-refractivity contribution is 5.91. The van der Waals surface area contributed by atoms with E-state index < -0.39 is 5.97 Å². The predicted molar refractivity (Wildman–Crippen MR) is 69.0 cm³/mol. The third kappa shape index (κ3) is 3.41. The van der Waals surface area contributed by atoms with Crippen molar-refractivity contribution < 1.29 is 14.7 Å². The van der Waals surface area contributed by atoms with Crippen LogP contribution in [-0.2, 0) is 11.3 Å². The molecule has 2 N–H and O–H groups in total. The lowest BCUT2D eigenvalue weighted by Gasteiger charge is -2.05. The van der Waals surface area contributed by atoms with E-state index >= 15 is 0 Å². The second-order valence-corrected chi connectivity index (χ2v) is 4.15. The van der Waals surface area contributed by atoms with Crippen molar-refractivity contribution in [3.8, 4) is 0 Å². The highest BCUT2D eigenvalue weighted by atomic mass is 16.4. The van der Waals surface area contributed by atoms with Crippen molar-refractivity contribution in [2.45, 2.75) is 13.5 Å². The Morgan fingerprint density at radius 2 is 2.00 bits per heavy atom. The molecule has 1 aromatic heterocycles. The number of rotatable bonds is 4. The summed E-state index contributed by atoms with van der Waals surface area (Å²) in [5, 5.41) is 15.3. The molecule has 6 nitrogen and oxygen atoms in total. The van der Waals surface area contributed by atoms with Crippen LogP contribution in [0, 0.1) is 6.92 Å². The molecule has 0 aliphatic carbocycles. The van der Waals surface area contributed by atoms with Crippen LogP contribution in [0.25, 0.3) is 0 Å². The van der Waals surface area contributed by atoms with Gasteiger partial charge in [0, 0.05) is 11.9 Å². The van der Waals surface area contributed by atoms with Gasteiger partial charge in [-0.25, -0.2) is 4.79 Å². The first-order chi connectivity index (χ1) is 9.04. The second kappa shape index (κ2) is 5.34. The number of carboxylic acid groups (broad SMARTS) is 1. The molecule has 0 aliphatic heterocycles. The largest absolute Gasteiger partial charge is 0.478 e. The van der Waals surface area contributed by atoms with Crippen LogP contribution in [0.15, 0.2) is 36.7 Å². The maximum Gasteiger partial charge on any atom is 0.338 e. The maximum atomic E-state index is 11.7. The summed E-state index contributed by atoms with van der Waals surface area (Å²) < 4.78 is 1.28. The van der Waals surface area contributed by atoms with Gasteiger partial charge < -0.3 is 10.4 Å². The number of hydrogen-bond acceptors (Lipinski definition) is 3. The molecule has 0 saturated carbocycles. The standard InChI is InChI=1S/C13H13N3O3/c1-9-2-4-11(5-3-9)15-12(17)8-16-7-10(6-14-16)13(18)19/h2-7H,8H2,1H3,(H,15,17)(H,18,19). The maximum absolute atomic E-state index is 11.7. The third-order valence-electron chi connectivity index (χ3n) is 2.52. The first-order valence-electron chi connectivity index (χ1n) is 5.67. The van der Waals surface area contributed by atoms with Gasteiger partial charge in [-0.2, -0.15) is 5.10 Å². The molecular weight excluding hydrogens is 246 g/mol. The van der Waals surface area contributed by atoms with Crippen LogP contribution in [0.2, 0.25) is 0 Å². The number of carbonyl (C=O) groups excluding carboxylic acids is 1. The number of hydrogen-bond donors (Lipinski definition) is 2. The van der Waals surface area contributed by atoms with Gasteiger partial charge in [0.2, 0.25) is 5.91 Å². The molecule has 0 atom stereocenters. The van der Waals surface area contributed by atoms with Gasteiger partial charge in [-0.15, -0.1) is 0 Å². The van der Waals surface area contributed by atoms with E-state index in [-0.39, 0.29) is 18.0 Å². The lowest BCUT2D eigenvalue weighted by atomic mass is 10.2. The lowest BCUT2D eigenvalue weighted by Crippen LogP contribution is -2.19. The molecule has 19 heavy (non-hydrogen) atoms. The van der Waals surface area contributed by atoms with Crippen molar-refractivity contribution in [1.82, 2.24) is 9.78 Å². The Morgan fingerprint density at radius 3 is 2.58 bits per heavy atom. The van der Waals surface area contributed by atoms with Crippen molar-refractivity contribution in [3.05, 3.63) is 47.8 Å². The molecule has 1 heterocycles. The Hall–Kier alpha value is -2.63. The Morgan fingerprint density at radius 1 is 1.32 bits per heavy atom. The monoisotopic (exact) mass is 259 g/mol. The van der Waals surface area contributed by atoms with Crippen LogP contribution in [0.1, 0.15) is 15.9 Å². The molecule has 0 bridgehead atoms. The summed E-state index contributed by atoms with van der Waals surface area (Å²) in [6, 6.07) is 7.40. The fourth-order valence-corrected chi connectivity index (χ4v) is 1.55. The van der Waals surface area contributed by atoms with E-state index in [1.165, 1.54) is 17.1 Å². The molecule has 0 unspecified atom stereocenters. The van der Waals surface area contributed by atoms with Gasteiger partial charge in [-0.05, 0) is 19.1 Å². The van der Waals surface area contributed by atoms with E-state index in [0.29, 0.717) is 5.69 Å². The molecule has 0 aliphatic rings. The van der Waals surface area contributed by atoms with Crippen molar-refractivity contribution >= 4 is 17.6 Å². The molecule has 0 saturated heterocycles. The van der Waals surface area contributed by atoms with Gasteiger partial charge >= 0.3 is 5.97 Å². The minimum absolute atomic E-state index is 0.0266. The van der Waals surface area contributed by atoms with Crippen LogP contribution in [-0.4, -0.2) is 26.8 Å². The van der Waals surface area contributed by atoms with Gasteiger partial charge in [-0.3, -0.25) is 9.48 Å². The van der Waals surface area contributed by atoms with Crippen molar-refractivity contribution in [3.63, 3.8) is 0 Å². The number of nitrogens with zero attached hydrogens (tertiary/aromatic N) is 2. The highest BCUT2D eigenvalue weighted by Gasteiger charge is 2.08. The van der Waals surface area contributed by atoms with Crippen molar-refractivity contribution in [2.75, 3.05) is 5.32 Å². The van der Waals surface area contributed by atoms with Gasteiger partial charge in [-0.1, -0.05) is 17.7 Å². The minimum Gasteiger partial charge on any atom is -0.478 e. The number of amides is 1. The normalized spacial score (nSPS) is 10.2.